The molecule has 0 saturated heterocycles. The van der Waals surface area contributed by atoms with Gasteiger partial charge in [0, 0.05) is 13.1 Å². The van der Waals surface area contributed by atoms with E-state index >= 15 is 0 Å². The second-order valence-corrected chi connectivity index (χ2v) is 4.41. The molecular weight excluding hydrogens is 284 g/mol. The van der Waals surface area contributed by atoms with E-state index in [4.69, 9.17) is 11.6 Å². The van der Waals surface area contributed by atoms with Gasteiger partial charge in [-0.3, -0.25) is 14.3 Å². The van der Waals surface area contributed by atoms with Crippen molar-refractivity contribution < 1.29 is 14.3 Å². The van der Waals surface area contributed by atoms with Crippen LogP contribution in [0, 0.1) is 0 Å². The maximum atomic E-state index is 11.5. The number of halogens is 1. The predicted octanol–water partition coefficient (Wildman–Crippen LogP) is -0.954. The average molecular weight is 296 g/mol. The van der Waals surface area contributed by atoms with Crippen LogP contribution >= 0.6 is 11.6 Å². The highest BCUT2D eigenvalue weighted by molar-refractivity contribution is 6.64. The minimum atomic E-state index is -0.618. The molecule has 0 bridgehead atoms. The Labute approximate surface area is 119 Å². The Morgan fingerprint density at radius 1 is 1.50 bits per heavy atom. The fourth-order valence-corrected chi connectivity index (χ4v) is 1.52. The summed E-state index contributed by atoms with van der Waals surface area (Å²) in [6.45, 7) is -0.197. The Balaban J connectivity index is 1.98. The first kappa shape index (κ1) is 14.1. The molecular formula is C11H12ClN6O2+. The van der Waals surface area contributed by atoms with Crippen molar-refractivity contribution in [2.24, 2.45) is 7.05 Å². The first-order valence-corrected chi connectivity index (χ1v) is 6.09. The summed E-state index contributed by atoms with van der Waals surface area (Å²) in [7, 11) is 1.77. The van der Waals surface area contributed by atoms with Gasteiger partial charge in [-0.2, -0.15) is 5.10 Å². The average Bonchev–Trinajstić information content (AvgIpc) is 2.84. The number of carbonyl (C=O) groups excluding carboxylic acids is 2. The number of hydrogen-bond acceptors (Lipinski definition) is 5. The van der Waals surface area contributed by atoms with Gasteiger partial charge in [0.25, 0.3) is 12.5 Å². The van der Waals surface area contributed by atoms with Crippen molar-refractivity contribution in [2.75, 3.05) is 6.54 Å². The van der Waals surface area contributed by atoms with E-state index in [0.717, 1.165) is 5.56 Å². The molecule has 0 fully saturated rings. The van der Waals surface area contributed by atoms with E-state index in [1.807, 2.05) is 0 Å². The number of aryl methyl sites for hydroxylation is 1. The molecule has 0 spiro atoms. The SMILES string of the molecule is Cn1cnc(-c2cc[n+](CC(=O)NCC(=O)Cl)nc2)n1. The fourth-order valence-electron chi connectivity index (χ4n) is 1.45. The third-order valence-corrected chi connectivity index (χ3v) is 2.49. The molecule has 0 aliphatic rings. The van der Waals surface area contributed by atoms with Crippen LogP contribution < -0.4 is 10.00 Å². The Hall–Kier alpha value is -2.35. The highest BCUT2D eigenvalue weighted by Crippen LogP contribution is 2.09. The molecule has 0 aliphatic heterocycles. The van der Waals surface area contributed by atoms with Gasteiger partial charge in [-0.25, -0.2) is 4.98 Å². The van der Waals surface area contributed by atoms with E-state index in [9.17, 15) is 9.59 Å². The van der Waals surface area contributed by atoms with Crippen molar-refractivity contribution in [1.29, 1.82) is 0 Å². The van der Waals surface area contributed by atoms with E-state index in [2.05, 4.69) is 20.5 Å². The lowest BCUT2D eigenvalue weighted by Crippen LogP contribution is -2.46. The number of nitrogens with zero attached hydrogens (tertiary/aromatic N) is 5. The van der Waals surface area contributed by atoms with Gasteiger partial charge in [-0.15, -0.1) is 0 Å². The molecule has 0 aliphatic carbocycles. The zero-order valence-electron chi connectivity index (χ0n) is 10.7. The first-order chi connectivity index (χ1) is 9.54. The fraction of sp³-hybridized carbons (Fsp3) is 0.273. The lowest BCUT2D eigenvalue weighted by molar-refractivity contribution is -0.742. The molecule has 1 amide bonds. The lowest BCUT2D eigenvalue weighted by atomic mass is 10.3. The standard InChI is InChI=1S/C11H11ClN6O2/c1-17-7-14-11(16-17)8-2-3-18(15-4-8)6-10(20)13-5-9(12)19/h2-4,7H,5-6H2,1H3/p+1. The number of amides is 1. The summed E-state index contributed by atoms with van der Waals surface area (Å²) in [6, 6.07) is 1.75. The van der Waals surface area contributed by atoms with Crippen LogP contribution in [-0.2, 0) is 23.2 Å². The highest BCUT2D eigenvalue weighted by atomic mass is 35.5. The van der Waals surface area contributed by atoms with Gasteiger partial charge >= 0.3 is 0 Å². The third kappa shape index (κ3) is 3.82. The summed E-state index contributed by atoms with van der Waals surface area (Å²) in [5.74, 6) is 0.213. The molecule has 0 radical (unpaired) electrons. The topological polar surface area (TPSA) is 93.7 Å². The minimum Gasteiger partial charge on any atom is -0.342 e. The summed E-state index contributed by atoms with van der Waals surface area (Å²) >= 11 is 5.12. The smallest absolute Gasteiger partial charge is 0.288 e. The normalized spacial score (nSPS) is 10.3. The molecule has 9 heteroatoms. The zero-order valence-corrected chi connectivity index (χ0v) is 11.4. The number of aromatic nitrogens is 5. The molecule has 20 heavy (non-hydrogen) atoms. The van der Waals surface area contributed by atoms with Gasteiger partial charge in [0.2, 0.25) is 5.24 Å². The maximum Gasteiger partial charge on any atom is 0.288 e. The Morgan fingerprint density at radius 3 is 2.85 bits per heavy atom. The Bertz CT molecular complexity index is 624. The quantitative estimate of drug-likeness (QED) is 0.567. The van der Waals surface area contributed by atoms with Crippen LogP contribution in [0.25, 0.3) is 11.4 Å². The summed E-state index contributed by atoms with van der Waals surface area (Å²) < 4.78 is 3.02. The summed E-state index contributed by atoms with van der Waals surface area (Å²) in [4.78, 5) is 26.1. The van der Waals surface area contributed by atoms with E-state index in [1.165, 1.54) is 4.68 Å². The number of carbonyl (C=O) groups is 2. The maximum absolute atomic E-state index is 11.5. The van der Waals surface area contributed by atoms with Crippen molar-refractivity contribution >= 4 is 22.8 Å². The van der Waals surface area contributed by atoms with Gasteiger partial charge < -0.3 is 5.32 Å². The molecule has 2 aromatic rings. The summed E-state index contributed by atoms with van der Waals surface area (Å²) in [5.41, 5.74) is 0.748. The van der Waals surface area contributed by atoms with E-state index in [0.29, 0.717) is 5.82 Å². The van der Waals surface area contributed by atoms with Crippen LogP contribution in [-0.4, -0.2) is 37.6 Å². The van der Waals surface area contributed by atoms with Crippen LogP contribution in [0.3, 0.4) is 0 Å². The number of nitrogens with one attached hydrogen (secondary N) is 1. The molecule has 0 aromatic carbocycles. The number of hydrogen-bond donors (Lipinski definition) is 1. The molecule has 2 rings (SSSR count). The molecule has 8 nitrogen and oxygen atoms in total. The Morgan fingerprint density at radius 2 is 2.30 bits per heavy atom. The molecule has 1 N–H and O–H groups in total. The molecule has 0 unspecified atom stereocenters. The third-order valence-electron chi connectivity index (χ3n) is 2.36. The van der Waals surface area contributed by atoms with Crippen molar-refractivity contribution in [3.05, 3.63) is 24.8 Å². The highest BCUT2D eigenvalue weighted by Gasteiger charge is 2.13. The van der Waals surface area contributed by atoms with Crippen LogP contribution in [0.15, 0.2) is 24.8 Å². The van der Waals surface area contributed by atoms with Crippen molar-refractivity contribution in [3.8, 4) is 11.4 Å². The van der Waals surface area contributed by atoms with Crippen LogP contribution in [0.2, 0.25) is 0 Å². The van der Waals surface area contributed by atoms with Gasteiger partial charge in [-0.1, -0.05) is 4.68 Å². The predicted molar refractivity (Wildman–Crippen MR) is 68.3 cm³/mol. The second kappa shape index (κ2) is 6.20. The molecule has 104 valence electrons. The largest absolute Gasteiger partial charge is 0.342 e. The van der Waals surface area contributed by atoms with E-state index in [-0.39, 0.29) is 19.0 Å². The molecule has 0 atom stereocenters. The Kier molecular flexibility index (Phi) is 4.36. The van der Waals surface area contributed by atoms with Crippen LogP contribution in [0.5, 0.6) is 0 Å². The van der Waals surface area contributed by atoms with Gasteiger partial charge in [0.05, 0.1) is 12.1 Å². The van der Waals surface area contributed by atoms with E-state index in [1.54, 1.807) is 36.5 Å². The molecule has 0 saturated carbocycles. The number of rotatable bonds is 5. The first-order valence-electron chi connectivity index (χ1n) is 5.71. The monoisotopic (exact) mass is 295 g/mol. The zero-order chi connectivity index (χ0) is 14.5. The molecule has 2 heterocycles. The van der Waals surface area contributed by atoms with Gasteiger partial charge in [0.1, 0.15) is 12.5 Å². The van der Waals surface area contributed by atoms with Crippen molar-refractivity contribution in [2.45, 2.75) is 6.54 Å². The second-order valence-electron chi connectivity index (χ2n) is 3.99. The summed E-state index contributed by atoms with van der Waals surface area (Å²) in [6.07, 6.45) is 4.79. The van der Waals surface area contributed by atoms with Crippen molar-refractivity contribution in [1.82, 2.24) is 25.2 Å². The van der Waals surface area contributed by atoms with Gasteiger partial charge in [0.15, 0.2) is 12.0 Å². The van der Waals surface area contributed by atoms with Crippen molar-refractivity contribution in [3.63, 3.8) is 0 Å². The van der Waals surface area contributed by atoms with E-state index < -0.39 is 5.24 Å². The van der Waals surface area contributed by atoms with Crippen LogP contribution in [0.4, 0.5) is 0 Å². The summed E-state index contributed by atoms with van der Waals surface area (Å²) in [5, 5.41) is 9.98. The minimum absolute atomic E-state index is 0.0000950. The molecule has 2 aromatic heterocycles. The van der Waals surface area contributed by atoms with Crippen LogP contribution in [0.1, 0.15) is 0 Å². The lowest BCUT2D eigenvalue weighted by Gasteiger charge is -1.98. The van der Waals surface area contributed by atoms with Gasteiger partial charge in [-0.05, 0) is 16.7 Å².